The second-order valence-electron chi connectivity index (χ2n) is 6.24. The molecule has 3 nitrogen and oxygen atoms in total. The second-order valence-corrected chi connectivity index (χ2v) is 7.30. The van der Waals surface area contributed by atoms with Crippen LogP contribution in [0.1, 0.15) is 12.5 Å². The van der Waals surface area contributed by atoms with E-state index in [9.17, 15) is 0 Å². The molecule has 28 heavy (non-hydrogen) atoms. The van der Waals surface area contributed by atoms with Crippen LogP contribution in [0.3, 0.4) is 0 Å². The Kier molecular flexibility index (Phi) is 6.93. The monoisotopic (exact) mass is 389 g/mol. The summed E-state index contributed by atoms with van der Waals surface area (Å²) in [4.78, 5) is 5.98. The lowest BCUT2D eigenvalue weighted by atomic mass is 10.2. The summed E-state index contributed by atoms with van der Waals surface area (Å²) in [5.74, 6) is 1.36. The highest BCUT2D eigenvalue weighted by molar-refractivity contribution is 8.14. The van der Waals surface area contributed by atoms with Gasteiger partial charge in [0.15, 0.2) is 11.5 Å². The van der Waals surface area contributed by atoms with Gasteiger partial charge in [0.1, 0.15) is 5.04 Å². The van der Waals surface area contributed by atoms with Crippen molar-refractivity contribution in [3.05, 3.63) is 96.3 Å². The number of aryl methyl sites for hydroxylation is 1. The molecule has 0 aliphatic heterocycles. The molecule has 0 radical (unpaired) electrons. The van der Waals surface area contributed by atoms with Crippen molar-refractivity contribution >= 4 is 22.5 Å². The molecule has 0 aliphatic rings. The summed E-state index contributed by atoms with van der Waals surface area (Å²) in [6.07, 6.45) is 1.72. The molecule has 0 bridgehead atoms. The normalized spacial score (nSPS) is 12.0. The average Bonchev–Trinajstić information content (AvgIpc) is 2.72. The summed E-state index contributed by atoms with van der Waals surface area (Å²) in [5.41, 5.74) is 3.06. The molecular formula is C24H23NO2S. The molecule has 0 saturated heterocycles. The standard InChI is InChI=1S/C24H23NO2S/c1-18-10-9-13-21(16-18)28-24(25-20-11-5-4-6-12-20)19(2)17-27-23-15-8-7-14-22(23)26-3/h4-17H,1-3H3. The largest absolute Gasteiger partial charge is 0.493 e. The Hall–Kier alpha value is -2.98. The number of hydrogen-bond acceptors (Lipinski definition) is 4. The number of thioether (sulfide) groups is 1. The zero-order valence-corrected chi connectivity index (χ0v) is 17.1. The van der Waals surface area contributed by atoms with E-state index in [0.717, 1.165) is 21.2 Å². The van der Waals surface area contributed by atoms with E-state index < -0.39 is 0 Å². The van der Waals surface area contributed by atoms with E-state index in [1.54, 1.807) is 25.1 Å². The Labute approximate surface area is 170 Å². The van der Waals surface area contributed by atoms with Gasteiger partial charge in [-0.15, -0.1) is 0 Å². The van der Waals surface area contributed by atoms with Crippen LogP contribution in [0.5, 0.6) is 11.5 Å². The summed E-state index contributed by atoms with van der Waals surface area (Å²) in [6, 6.07) is 25.9. The molecule has 3 aromatic rings. The van der Waals surface area contributed by atoms with Crippen LogP contribution < -0.4 is 9.47 Å². The van der Waals surface area contributed by atoms with E-state index in [1.807, 2.05) is 61.5 Å². The number of hydrogen-bond donors (Lipinski definition) is 0. The summed E-state index contributed by atoms with van der Waals surface area (Å²) < 4.78 is 11.2. The molecule has 0 fully saturated rings. The lowest BCUT2D eigenvalue weighted by molar-refractivity contribution is 0.377. The van der Waals surface area contributed by atoms with Gasteiger partial charge in [-0.1, -0.05) is 59.8 Å². The van der Waals surface area contributed by atoms with Gasteiger partial charge in [-0.25, -0.2) is 4.99 Å². The number of rotatable bonds is 6. The highest BCUT2D eigenvalue weighted by atomic mass is 32.2. The zero-order chi connectivity index (χ0) is 19.8. The summed E-state index contributed by atoms with van der Waals surface area (Å²) in [5, 5.41) is 0.881. The van der Waals surface area contributed by atoms with Gasteiger partial charge in [-0.3, -0.25) is 0 Å². The second kappa shape index (κ2) is 9.81. The van der Waals surface area contributed by atoms with Crippen molar-refractivity contribution in [1.82, 2.24) is 0 Å². The molecule has 3 aromatic carbocycles. The van der Waals surface area contributed by atoms with Gasteiger partial charge >= 0.3 is 0 Å². The van der Waals surface area contributed by atoms with Crippen molar-refractivity contribution in [2.75, 3.05) is 7.11 Å². The predicted octanol–water partition coefficient (Wildman–Crippen LogP) is 6.81. The quantitative estimate of drug-likeness (QED) is 0.201. The van der Waals surface area contributed by atoms with Crippen LogP contribution >= 0.6 is 11.8 Å². The number of methoxy groups -OCH3 is 1. The van der Waals surface area contributed by atoms with Crippen LogP contribution in [0, 0.1) is 6.92 Å². The first-order valence-electron chi connectivity index (χ1n) is 9.01. The van der Waals surface area contributed by atoms with E-state index in [1.165, 1.54) is 5.56 Å². The van der Waals surface area contributed by atoms with Gasteiger partial charge in [-0.2, -0.15) is 0 Å². The molecule has 0 spiro atoms. The van der Waals surface area contributed by atoms with Gasteiger partial charge < -0.3 is 9.47 Å². The van der Waals surface area contributed by atoms with Crippen molar-refractivity contribution in [3.63, 3.8) is 0 Å². The van der Waals surface area contributed by atoms with Crippen molar-refractivity contribution in [2.24, 2.45) is 4.99 Å². The maximum Gasteiger partial charge on any atom is 0.168 e. The molecule has 3 rings (SSSR count). The third-order valence-electron chi connectivity index (χ3n) is 3.96. The van der Waals surface area contributed by atoms with Crippen LogP contribution in [0.25, 0.3) is 0 Å². The smallest absolute Gasteiger partial charge is 0.168 e. The molecule has 0 unspecified atom stereocenters. The third-order valence-corrected chi connectivity index (χ3v) is 5.06. The molecule has 0 aromatic heterocycles. The molecule has 0 heterocycles. The van der Waals surface area contributed by atoms with E-state index in [-0.39, 0.29) is 0 Å². The van der Waals surface area contributed by atoms with E-state index in [2.05, 4.69) is 31.2 Å². The first kappa shape index (κ1) is 19.8. The summed E-state index contributed by atoms with van der Waals surface area (Å²) >= 11 is 1.62. The fourth-order valence-electron chi connectivity index (χ4n) is 2.52. The Morgan fingerprint density at radius 1 is 0.893 bits per heavy atom. The van der Waals surface area contributed by atoms with Gasteiger partial charge in [0, 0.05) is 10.5 Å². The first-order chi connectivity index (χ1) is 13.7. The van der Waals surface area contributed by atoms with Crippen LogP contribution in [-0.4, -0.2) is 12.2 Å². The van der Waals surface area contributed by atoms with Crippen molar-refractivity contribution in [3.8, 4) is 11.5 Å². The predicted molar refractivity (Wildman–Crippen MR) is 118 cm³/mol. The molecule has 0 N–H and O–H groups in total. The highest BCUT2D eigenvalue weighted by Crippen LogP contribution is 2.29. The van der Waals surface area contributed by atoms with E-state index in [4.69, 9.17) is 14.5 Å². The van der Waals surface area contributed by atoms with Gasteiger partial charge in [-0.05, 0) is 50.2 Å². The van der Waals surface area contributed by atoms with Gasteiger partial charge in [0.05, 0.1) is 19.1 Å². The maximum absolute atomic E-state index is 5.89. The molecule has 0 amide bonds. The fourth-order valence-corrected chi connectivity index (χ4v) is 3.50. The van der Waals surface area contributed by atoms with Crippen LogP contribution in [0.4, 0.5) is 5.69 Å². The minimum Gasteiger partial charge on any atom is -0.493 e. The van der Waals surface area contributed by atoms with Crippen LogP contribution in [-0.2, 0) is 0 Å². The molecule has 0 saturated carbocycles. The van der Waals surface area contributed by atoms with Crippen molar-refractivity contribution < 1.29 is 9.47 Å². The number of para-hydroxylation sites is 3. The van der Waals surface area contributed by atoms with Gasteiger partial charge in [0.2, 0.25) is 0 Å². The van der Waals surface area contributed by atoms with Crippen molar-refractivity contribution in [2.45, 2.75) is 18.7 Å². The fraction of sp³-hybridized carbons (Fsp3) is 0.125. The molecule has 4 heteroatoms. The zero-order valence-electron chi connectivity index (χ0n) is 16.3. The number of benzene rings is 3. The Morgan fingerprint density at radius 2 is 1.61 bits per heavy atom. The third kappa shape index (κ3) is 5.51. The minimum absolute atomic E-state index is 0.670. The minimum atomic E-state index is 0.670. The average molecular weight is 390 g/mol. The van der Waals surface area contributed by atoms with Crippen molar-refractivity contribution in [1.29, 1.82) is 0 Å². The Balaban J connectivity index is 1.90. The summed E-state index contributed by atoms with van der Waals surface area (Å²) in [7, 11) is 1.63. The molecular weight excluding hydrogens is 366 g/mol. The van der Waals surface area contributed by atoms with Gasteiger partial charge in [0.25, 0.3) is 0 Å². The molecule has 0 aliphatic carbocycles. The summed E-state index contributed by atoms with van der Waals surface area (Å²) in [6.45, 7) is 4.09. The molecule has 0 atom stereocenters. The first-order valence-corrected chi connectivity index (χ1v) is 9.82. The number of aliphatic imine (C=N–C) groups is 1. The number of nitrogens with zero attached hydrogens (tertiary/aromatic N) is 1. The SMILES string of the molecule is COc1ccccc1OC=C(C)C(=Nc1ccccc1)Sc1cccc(C)c1. The van der Waals surface area contributed by atoms with E-state index >= 15 is 0 Å². The highest BCUT2D eigenvalue weighted by Gasteiger charge is 2.09. The van der Waals surface area contributed by atoms with Crippen LogP contribution in [0.2, 0.25) is 0 Å². The lowest BCUT2D eigenvalue weighted by Gasteiger charge is -2.10. The molecule has 142 valence electrons. The van der Waals surface area contributed by atoms with Crippen LogP contribution in [0.15, 0.2) is 101 Å². The topological polar surface area (TPSA) is 30.8 Å². The number of ether oxygens (including phenoxy) is 2. The Bertz CT molecular complexity index is 981. The maximum atomic E-state index is 5.89. The Morgan fingerprint density at radius 3 is 2.32 bits per heavy atom. The lowest BCUT2D eigenvalue weighted by Crippen LogP contribution is -1.98. The van der Waals surface area contributed by atoms with E-state index in [0.29, 0.717) is 11.5 Å².